The third-order valence-electron chi connectivity index (χ3n) is 0.795. The van der Waals surface area contributed by atoms with Gasteiger partial charge in [0.25, 0.3) is 0 Å². The number of hydrogen-bond acceptors (Lipinski definition) is 1. The summed E-state index contributed by atoms with van der Waals surface area (Å²) in [4.78, 5) is 0. The number of aliphatic hydroxyl groups excluding tert-OH is 1. The van der Waals surface area contributed by atoms with Crippen molar-refractivity contribution in [3.63, 3.8) is 0 Å². The molecule has 0 aromatic rings. The van der Waals surface area contributed by atoms with Crippen LogP contribution in [0.2, 0.25) is 0 Å². The van der Waals surface area contributed by atoms with E-state index in [2.05, 4.69) is 11.7 Å². The fourth-order valence-corrected chi connectivity index (χ4v) is 1.24. The SMILES string of the molecule is C=S(=C)(C)CCCO. The van der Waals surface area contributed by atoms with Gasteiger partial charge >= 0.3 is 0 Å². The minimum absolute atomic E-state index is 0.271. The van der Waals surface area contributed by atoms with E-state index in [1.54, 1.807) is 0 Å². The monoisotopic (exact) mass is 134 g/mol. The highest BCUT2D eigenvalue weighted by Gasteiger charge is 1.85. The number of aliphatic hydroxyl groups is 1. The fraction of sp³-hybridized carbons (Fsp3) is 0.667. The zero-order valence-corrected chi connectivity index (χ0v) is 6.21. The number of rotatable bonds is 3. The molecule has 0 saturated carbocycles. The van der Waals surface area contributed by atoms with Crippen molar-refractivity contribution in [1.29, 1.82) is 0 Å². The lowest BCUT2D eigenvalue weighted by Crippen LogP contribution is -1.88. The quantitative estimate of drug-likeness (QED) is 0.562. The molecule has 0 aromatic heterocycles. The van der Waals surface area contributed by atoms with E-state index >= 15 is 0 Å². The standard InChI is InChI=1S/C6H14OS/c1-8(2,3)6-4-5-7/h7H,1-2,4-6H2,3H3. The molecule has 0 aromatic carbocycles. The molecule has 0 atom stereocenters. The second-order valence-corrected chi connectivity index (χ2v) is 5.62. The van der Waals surface area contributed by atoms with Gasteiger partial charge in [-0.15, -0.1) is 0 Å². The van der Waals surface area contributed by atoms with Crippen molar-refractivity contribution in [2.24, 2.45) is 0 Å². The summed E-state index contributed by atoms with van der Waals surface area (Å²) in [5.41, 5.74) is 0. The lowest BCUT2D eigenvalue weighted by Gasteiger charge is -2.03. The Morgan fingerprint density at radius 2 is 2.00 bits per heavy atom. The predicted octanol–water partition coefficient (Wildman–Crippen LogP) is 0.667. The molecule has 0 bridgehead atoms. The summed E-state index contributed by atoms with van der Waals surface area (Å²) in [6.45, 7) is 0.271. The second kappa shape index (κ2) is 3.15. The van der Waals surface area contributed by atoms with Gasteiger partial charge in [-0.2, -0.15) is 0 Å². The molecule has 0 unspecified atom stereocenters. The maximum absolute atomic E-state index is 8.39. The van der Waals surface area contributed by atoms with E-state index in [0.717, 1.165) is 12.2 Å². The van der Waals surface area contributed by atoms with Crippen molar-refractivity contribution in [2.45, 2.75) is 6.42 Å². The molecule has 0 aliphatic rings. The molecule has 2 heteroatoms. The predicted molar refractivity (Wildman–Crippen MR) is 44.3 cm³/mol. The summed E-state index contributed by atoms with van der Waals surface area (Å²) >= 11 is 0. The molecule has 0 heterocycles. The molecule has 0 fully saturated rings. The smallest absolute Gasteiger partial charge is 0.0438 e. The first kappa shape index (κ1) is 8.05. The molecular weight excluding hydrogens is 120 g/mol. The van der Waals surface area contributed by atoms with Crippen LogP contribution in [-0.2, 0) is 0 Å². The van der Waals surface area contributed by atoms with Crippen molar-refractivity contribution in [3.05, 3.63) is 0 Å². The van der Waals surface area contributed by atoms with Gasteiger partial charge in [0.2, 0.25) is 0 Å². The van der Waals surface area contributed by atoms with Crippen LogP contribution in [0.1, 0.15) is 6.42 Å². The zero-order chi connectivity index (χ0) is 6.62. The maximum Gasteiger partial charge on any atom is 0.0438 e. The summed E-state index contributed by atoms with van der Waals surface area (Å²) in [6.07, 6.45) is 2.89. The summed E-state index contributed by atoms with van der Waals surface area (Å²) in [6, 6.07) is 0. The van der Waals surface area contributed by atoms with E-state index in [0.29, 0.717) is 0 Å². The first-order valence-corrected chi connectivity index (χ1v) is 5.14. The Morgan fingerprint density at radius 1 is 1.50 bits per heavy atom. The van der Waals surface area contributed by atoms with E-state index < -0.39 is 9.21 Å². The molecule has 50 valence electrons. The van der Waals surface area contributed by atoms with Crippen LogP contribution in [-0.4, -0.2) is 35.5 Å². The van der Waals surface area contributed by atoms with Gasteiger partial charge in [-0.3, -0.25) is 0 Å². The highest BCUT2D eigenvalue weighted by Crippen LogP contribution is 2.12. The van der Waals surface area contributed by atoms with Crippen LogP contribution in [0.25, 0.3) is 0 Å². The summed E-state index contributed by atoms with van der Waals surface area (Å²) in [5, 5.41) is 8.39. The van der Waals surface area contributed by atoms with Gasteiger partial charge in [0, 0.05) is 6.61 Å². The van der Waals surface area contributed by atoms with Crippen LogP contribution in [0.15, 0.2) is 0 Å². The molecule has 0 rings (SSSR count). The third kappa shape index (κ3) is 6.05. The van der Waals surface area contributed by atoms with Gasteiger partial charge in [-0.25, -0.2) is 9.21 Å². The maximum atomic E-state index is 8.39. The summed E-state index contributed by atoms with van der Waals surface area (Å²) in [7, 11) is -0.846. The van der Waals surface area contributed by atoms with Gasteiger partial charge in [0.15, 0.2) is 0 Å². The van der Waals surface area contributed by atoms with Crippen LogP contribution in [0.4, 0.5) is 0 Å². The Bertz CT molecular complexity index is 133. The summed E-state index contributed by atoms with van der Waals surface area (Å²) < 4.78 is 0. The average Bonchev–Trinajstić information content (AvgIpc) is 1.59. The van der Waals surface area contributed by atoms with Crippen molar-refractivity contribution < 1.29 is 5.11 Å². The van der Waals surface area contributed by atoms with Crippen LogP contribution in [0, 0.1) is 0 Å². The van der Waals surface area contributed by atoms with Gasteiger partial charge in [0.05, 0.1) is 0 Å². The van der Waals surface area contributed by atoms with E-state index in [1.165, 1.54) is 0 Å². The Kier molecular flexibility index (Phi) is 3.17. The Balaban J connectivity index is 3.42. The van der Waals surface area contributed by atoms with Gasteiger partial charge < -0.3 is 5.11 Å². The average molecular weight is 134 g/mol. The lowest BCUT2D eigenvalue weighted by atomic mass is 10.5. The van der Waals surface area contributed by atoms with Crippen molar-refractivity contribution in [1.82, 2.24) is 0 Å². The normalized spacial score (nSPS) is 11.8. The van der Waals surface area contributed by atoms with E-state index in [9.17, 15) is 0 Å². The number of hydrogen-bond donors (Lipinski definition) is 1. The minimum Gasteiger partial charge on any atom is -0.396 e. The van der Waals surface area contributed by atoms with Crippen molar-refractivity contribution in [2.75, 3.05) is 18.6 Å². The molecule has 0 aliphatic heterocycles. The first-order valence-electron chi connectivity index (χ1n) is 2.59. The van der Waals surface area contributed by atoms with Crippen LogP contribution >= 0.6 is 9.21 Å². The molecule has 1 nitrogen and oxygen atoms in total. The van der Waals surface area contributed by atoms with E-state index in [-0.39, 0.29) is 6.61 Å². The van der Waals surface area contributed by atoms with Crippen molar-refractivity contribution >= 4 is 20.9 Å². The molecule has 8 heavy (non-hydrogen) atoms. The molecule has 1 N–H and O–H groups in total. The largest absolute Gasteiger partial charge is 0.396 e. The summed E-state index contributed by atoms with van der Waals surface area (Å²) in [5.74, 6) is 8.71. The van der Waals surface area contributed by atoms with Crippen LogP contribution in [0.5, 0.6) is 0 Å². The lowest BCUT2D eigenvalue weighted by molar-refractivity contribution is 0.296. The van der Waals surface area contributed by atoms with E-state index in [1.807, 2.05) is 6.26 Å². The van der Waals surface area contributed by atoms with E-state index in [4.69, 9.17) is 5.11 Å². The molecule has 0 amide bonds. The Hall–Kier alpha value is 0.0500. The first-order chi connectivity index (χ1) is 3.56. The Morgan fingerprint density at radius 3 is 2.12 bits per heavy atom. The topological polar surface area (TPSA) is 20.2 Å². The van der Waals surface area contributed by atoms with Gasteiger partial charge in [-0.05, 0) is 18.4 Å². The van der Waals surface area contributed by atoms with Crippen LogP contribution < -0.4 is 0 Å². The molecular formula is C6H14OS. The van der Waals surface area contributed by atoms with Gasteiger partial charge in [-0.1, -0.05) is 11.7 Å². The fourth-order valence-electron chi connectivity index (χ4n) is 0.413. The van der Waals surface area contributed by atoms with Gasteiger partial charge in [0.1, 0.15) is 0 Å². The highest BCUT2D eigenvalue weighted by molar-refractivity contribution is 8.27. The zero-order valence-electron chi connectivity index (χ0n) is 5.39. The minimum atomic E-state index is -0.846. The van der Waals surface area contributed by atoms with Crippen LogP contribution in [0.3, 0.4) is 0 Å². The second-order valence-electron chi connectivity index (χ2n) is 2.26. The molecule has 0 spiro atoms. The Labute approximate surface area is 51.8 Å². The highest BCUT2D eigenvalue weighted by atomic mass is 32.2. The molecule has 0 saturated heterocycles. The van der Waals surface area contributed by atoms with Crippen molar-refractivity contribution in [3.8, 4) is 0 Å². The third-order valence-corrected chi connectivity index (χ3v) is 2.07. The molecule has 0 radical (unpaired) electrons. The molecule has 0 aliphatic carbocycles.